The van der Waals surface area contributed by atoms with E-state index in [4.69, 9.17) is 11.6 Å². The Morgan fingerprint density at radius 2 is 1.77 bits per heavy atom. The molecule has 0 aliphatic rings. The van der Waals surface area contributed by atoms with E-state index in [9.17, 15) is 9.59 Å². The summed E-state index contributed by atoms with van der Waals surface area (Å²) >= 11 is 7.56. The summed E-state index contributed by atoms with van der Waals surface area (Å²) in [5, 5.41) is 9.79. The number of rotatable bonds is 6. The van der Waals surface area contributed by atoms with Gasteiger partial charge in [-0.15, -0.1) is 11.3 Å². The number of amides is 2. The van der Waals surface area contributed by atoms with E-state index in [2.05, 4.69) is 20.7 Å². The average Bonchev–Trinajstić information content (AvgIpc) is 3.37. The van der Waals surface area contributed by atoms with Crippen molar-refractivity contribution >= 4 is 40.4 Å². The number of nitrogens with one attached hydrogen (secondary N) is 2. The maximum absolute atomic E-state index is 12.4. The monoisotopic (exact) mass is 439 g/mol. The van der Waals surface area contributed by atoms with Crippen LogP contribution in [0.2, 0.25) is 4.34 Å². The molecule has 0 spiro atoms. The van der Waals surface area contributed by atoms with Gasteiger partial charge in [0.05, 0.1) is 10.0 Å². The lowest BCUT2D eigenvalue weighted by atomic mass is 10.1. The number of carbonyl (C=O) groups is 2. The molecule has 3 aromatic heterocycles. The Morgan fingerprint density at radius 3 is 2.47 bits per heavy atom. The van der Waals surface area contributed by atoms with Crippen LogP contribution in [-0.2, 0) is 4.79 Å². The molecule has 1 aromatic carbocycles. The van der Waals surface area contributed by atoms with Gasteiger partial charge >= 0.3 is 0 Å². The van der Waals surface area contributed by atoms with E-state index in [1.165, 1.54) is 18.3 Å². The van der Waals surface area contributed by atoms with Crippen molar-refractivity contribution in [3.63, 3.8) is 0 Å². The number of hydrogen-bond acceptors (Lipinski definition) is 5. The number of nitrogens with zero attached hydrogens (tertiary/aromatic N) is 3. The zero-order valence-electron chi connectivity index (χ0n) is 16.1. The normalized spacial score (nSPS) is 10.9. The Balaban J connectivity index is 1.56. The van der Waals surface area contributed by atoms with Gasteiger partial charge in [0.15, 0.2) is 11.3 Å². The Hall–Kier alpha value is -3.23. The zero-order valence-corrected chi connectivity index (χ0v) is 17.6. The first-order valence-corrected chi connectivity index (χ1v) is 10.4. The van der Waals surface area contributed by atoms with Crippen LogP contribution in [0.1, 0.15) is 17.4 Å². The van der Waals surface area contributed by atoms with Crippen LogP contribution < -0.4 is 10.6 Å². The van der Waals surface area contributed by atoms with Crippen molar-refractivity contribution in [1.82, 2.24) is 25.2 Å². The fourth-order valence-corrected chi connectivity index (χ4v) is 4.05. The highest BCUT2D eigenvalue weighted by Gasteiger charge is 2.14. The van der Waals surface area contributed by atoms with Gasteiger partial charge in [0.1, 0.15) is 0 Å². The second kappa shape index (κ2) is 8.64. The quantitative estimate of drug-likeness (QED) is 0.449. The predicted molar refractivity (Wildman–Crippen MR) is 118 cm³/mol. The standard InChI is InChI=1S/C21H18ClN5O2S/c1-13(28)23-10-11-25-21(29)16-12-20-24-9-8-17(27(20)26-16)14-2-4-15(5-3-14)18-6-7-19(22)30-18/h2-9,12H,10-11H2,1H3,(H,23,28)(H,25,29). The second-order valence-corrected chi connectivity index (χ2v) is 8.26. The van der Waals surface area contributed by atoms with E-state index in [0.717, 1.165) is 26.0 Å². The molecule has 4 rings (SSSR count). The molecule has 2 amide bonds. The van der Waals surface area contributed by atoms with Gasteiger partial charge in [0.2, 0.25) is 5.91 Å². The largest absolute Gasteiger partial charge is 0.355 e. The molecular weight excluding hydrogens is 422 g/mol. The molecule has 0 radical (unpaired) electrons. The molecule has 0 unspecified atom stereocenters. The molecule has 0 atom stereocenters. The van der Waals surface area contributed by atoms with E-state index < -0.39 is 0 Å². The number of benzene rings is 1. The fourth-order valence-electron chi connectivity index (χ4n) is 3.00. The van der Waals surface area contributed by atoms with E-state index in [1.54, 1.807) is 16.8 Å². The zero-order chi connectivity index (χ0) is 21.1. The van der Waals surface area contributed by atoms with E-state index in [1.807, 2.05) is 42.5 Å². The highest BCUT2D eigenvalue weighted by molar-refractivity contribution is 7.19. The minimum atomic E-state index is -0.318. The number of hydrogen-bond donors (Lipinski definition) is 2. The summed E-state index contributed by atoms with van der Waals surface area (Å²) in [5.41, 5.74) is 3.71. The molecule has 152 valence electrons. The smallest absolute Gasteiger partial charge is 0.271 e. The number of fused-ring (bicyclic) bond motifs is 1. The van der Waals surface area contributed by atoms with Crippen LogP contribution in [0.3, 0.4) is 0 Å². The van der Waals surface area contributed by atoms with E-state index in [0.29, 0.717) is 18.7 Å². The summed E-state index contributed by atoms with van der Waals surface area (Å²) in [6, 6.07) is 15.4. The van der Waals surface area contributed by atoms with Crippen molar-refractivity contribution in [1.29, 1.82) is 0 Å². The van der Waals surface area contributed by atoms with Crippen LogP contribution in [0.15, 0.2) is 54.7 Å². The summed E-state index contributed by atoms with van der Waals surface area (Å²) in [6.45, 7) is 2.11. The number of aromatic nitrogens is 3. The molecule has 2 N–H and O–H groups in total. The molecule has 0 saturated heterocycles. The lowest BCUT2D eigenvalue weighted by Crippen LogP contribution is -2.33. The summed E-state index contributed by atoms with van der Waals surface area (Å²) in [4.78, 5) is 28.7. The van der Waals surface area contributed by atoms with E-state index in [-0.39, 0.29) is 17.5 Å². The Bertz CT molecular complexity index is 1220. The van der Waals surface area contributed by atoms with Crippen LogP contribution in [0.25, 0.3) is 27.3 Å². The molecule has 9 heteroatoms. The Morgan fingerprint density at radius 1 is 1.03 bits per heavy atom. The van der Waals surface area contributed by atoms with Gasteiger partial charge in [-0.1, -0.05) is 35.9 Å². The number of carbonyl (C=O) groups excluding carboxylic acids is 2. The summed E-state index contributed by atoms with van der Waals surface area (Å²) < 4.78 is 2.41. The maximum Gasteiger partial charge on any atom is 0.271 e. The molecule has 0 aliphatic heterocycles. The van der Waals surface area contributed by atoms with Gasteiger partial charge in [0, 0.05) is 42.7 Å². The molecule has 30 heavy (non-hydrogen) atoms. The highest BCUT2D eigenvalue weighted by atomic mass is 35.5. The SMILES string of the molecule is CC(=O)NCCNC(=O)c1cc2nccc(-c3ccc(-c4ccc(Cl)s4)cc3)n2n1. The van der Waals surface area contributed by atoms with Gasteiger partial charge in [-0.05, 0) is 23.8 Å². The van der Waals surface area contributed by atoms with Crippen molar-refractivity contribution in [2.24, 2.45) is 0 Å². The van der Waals surface area contributed by atoms with E-state index >= 15 is 0 Å². The van der Waals surface area contributed by atoms with Crippen molar-refractivity contribution < 1.29 is 9.59 Å². The van der Waals surface area contributed by atoms with Crippen molar-refractivity contribution in [2.45, 2.75) is 6.92 Å². The summed E-state index contributed by atoms with van der Waals surface area (Å²) in [5.74, 6) is -0.458. The topological polar surface area (TPSA) is 88.4 Å². The Labute approximate surface area is 181 Å². The van der Waals surface area contributed by atoms with Gasteiger partial charge < -0.3 is 10.6 Å². The third-order valence-electron chi connectivity index (χ3n) is 4.41. The van der Waals surface area contributed by atoms with Crippen LogP contribution in [0.5, 0.6) is 0 Å². The summed E-state index contributed by atoms with van der Waals surface area (Å²) in [7, 11) is 0. The molecule has 0 fully saturated rings. The lowest BCUT2D eigenvalue weighted by Gasteiger charge is -2.06. The lowest BCUT2D eigenvalue weighted by molar-refractivity contribution is -0.118. The van der Waals surface area contributed by atoms with Crippen molar-refractivity contribution in [3.8, 4) is 21.7 Å². The van der Waals surface area contributed by atoms with Crippen LogP contribution in [-0.4, -0.2) is 39.5 Å². The first-order valence-electron chi connectivity index (χ1n) is 9.25. The minimum absolute atomic E-state index is 0.140. The molecule has 0 bridgehead atoms. The van der Waals surface area contributed by atoms with Crippen molar-refractivity contribution in [3.05, 3.63) is 64.8 Å². The molecule has 0 aliphatic carbocycles. The fraction of sp³-hybridized carbons (Fsp3) is 0.143. The van der Waals surface area contributed by atoms with Crippen molar-refractivity contribution in [2.75, 3.05) is 13.1 Å². The molecule has 7 nitrogen and oxygen atoms in total. The number of halogens is 1. The van der Waals surface area contributed by atoms with Gasteiger partial charge in [0.25, 0.3) is 5.91 Å². The molecule has 3 heterocycles. The molecule has 4 aromatic rings. The third-order valence-corrected chi connectivity index (χ3v) is 5.69. The first kappa shape index (κ1) is 20.1. The first-order chi connectivity index (χ1) is 14.5. The average molecular weight is 440 g/mol. The second-order valence-electron chi connectivity index (χ2n) is 6.55. The van der Waals surface area contributed by atoms with Crippen LogP contribution in [0, 0.1) is 0 Å². The Kier molecular flexibility index (Phi) is 5.78. The predicted octanol–water partition coefficient (Wildman–Crippen LogP) is 3.64. The van der Waals surface area contributed by atoms with Crippen LogP contribution >= 0.6 is 22.9 Å². The van der Waals surface area contributed by atoms with Gasteiger partial charge in [-0.2, -0.15) is 5.10 Å². The minimum Gasteiger partial charge on any atom is -0.355 e. The highest BCUT2D eigenvalue weighted by Crippen LogP contribution is 2.32. The molecular formula is C21H18ClN5O2S. The van der Waals surface area contributed by atoms with Crippen LogP contribution in [0.4, 0.5) is 0 Å². The number of thiophene rings is 1. The van der Waals surface area contributed by atoms with Gasteiger partial charge in [-0.25, -0.2) is 9.50 Å². The third kappa shape index (κ3) is 4.34. The summed E-state index contributed by atoms with van der Waals surface area (Å²) in [6.07, 6.45) is 1.69. The molecule has 0 saturated carbocycles. The maximum atomic E-state index is 12.4. The van der Waals surface area contributed by atoms with Gasteiger partial charge in [-0.3, -0.25) is 9.59 Å².